The molecule has 0 bridgehead atoms. The van der Waals surface area contributed by atoms with Gasteiger partial charge in [-0.3, -0.25) is 0 Å². The van der Waals surface area contributed by atoms with Crippen molar-refractivity contribution < 1.29 is 9.90 Å². The van der Waals surface area contributed by atoms with Crippen molar-refractivity contribution in [2.75, 3.05) is 0 Å². The topological polar surface area (TPSA) is 68.0 Å². The molecule has 2 aromatic heterocycles. The fourth-order valence-corrected chi connectivity index (χ4v) is 1.73. The van der Waals surface area contributed by atoms with Crippen LogP contribution in [0.15, 0.2) is 24.5 Å². The van der Waals surface area contributed by atoms with Gasteiger partial charge in [0.2, 0.25) is 0 Å². The molecule has 0 aliphatic rings. The maximum absolute atomic E-state index is 10.8. The number of carboxylic acids is 1. The normalized spacial score (nSPS) is 10.9. The lowest BCUT2D eigenvalue weighted by molar-refractivity contribution is 0.0696. The van der Waals surface area contributed by atoms with Crippen LogP contribution in [0.3, 0.4) is 0 Å². The van der Waals surface area contributed by atoms with E-state index in [4.69, 9.17) is 16.7 Å². The zero-order chi connectivity index (χ0) is 13.3. The molecule has 0 aliphatic heterocycles. The molecule has 0 unspecified atom stereocenters. The van der Waals surface area contributed by atoms with E-state index >= 15 is 0 Å². The van der Waals surface area contributed by atoms with Crippen molar-refractivity contribution >= 4 is 17.6 Å². The Labute approximate surface area is 109 Å². The van der Waals surface area contributed by atoms with Gasteiger partial charge in [-0.15, -0.1) is 0 Å². The highest BCUT2D eigenvalue weighted by molar-refractivity contribution is 6.32. The van der Waals surface area contributed by atoms with Crippen LogP contribution in [0, 0.1) is 0 Å². The molecule has 0 aliphatic carbocycles. The van der Waals surface area contributed by atoms with Crippen molar-refractivity contribution in [3.63, 3.8) is 0 Å². The van der Waals surface area contributed by atoms with Crippen molar-refractivity contribution in [1.29, 1.82) is 0 Å². The predicted octanol–water partition coefficient (Wildman–Crippen LogP) is 2.74. The summed E-state index contributed by atoms with van der Waals surface area (Å²) in [4.78, 5) is 14.8. The van der Waals surface area contributed by atoms with E-state index in [1.54, 1.807) is 10.9 Å². The Morgan fingerprint density at radius 1 is 1.50 bits per heavy atom. The smallest absolute Gasteiger partial charge is 0.337 e. The van der Waals surface area contributed by atoms with Gasteiger partial charge in [-0.25, -0.2) is 14.5 Å². The molecule has 0 amide bonds. The molecule has 0 atom stereocenters. The van der Waals surface area contributed by atoms with Crippen LogP contribution in [-0.4, -0.2) is 25.8 Å². The summed E-state index contributed by atoms with van der Waals surface area (Å²) in [6, 6.07) is 3.25. The summed E-state index contributed by atoms with van der Waals surface area (Å²) >= 11 is 6.01. The number of rotatable bonds is 3. The molecule has 18 heavy (non-hydrogen) atoms. The third-order valence-electron chi connectivity index (χ3n) is 2.49. The number of hydrogen-bond acceptors (Lipinski definition) is 3. The first-order chi connectivity index (χ1) is 8.49. The lowest BCUT2D eigenvalue weighted by Crippen LogP contribution is -2.04. The zero-order valence-corrected chi connectivity index (χ0v) is 10.7. The highest BCUT2D eigenvalue weighted by Crippen LogP contribution is 2.20. The number of aromatic nitrogens is 3. The molecule has 0 aromatic carbocycles. The third kappa shape index (κ3) is 2.36. The predicted molar refractivity (Wildman–Crippen MR) is 67.4 cm³/mol. The van der Waals surface area contributed by atoms with Gasteiger partial charge in [0.05, 0.1) is 16.3 Å². The Kier molecular flexibility index (Phi) is 3.34. The number of carboxylic acid groups (broad SMARTS) is 1. The second-order valence-electron chi connectivity index (χ2n) is 4.17. The molecular weight excluding hydrogens is 254 g/mol. The van der Waals surface area contributed by atoms with Crippen LogP contribution in [0.4, 0.5) is 0 Å². The summed E-state index contributed by atoms with van der Waals surface area (Å²) in [7, 11) is 0. The van der Waals surface area contributed by atoms with E-state index < -0.39 is 5.97 Å². The molecule has 94 valence electrons. The molecule has 0 saturated heterocycles. The Balaban J connectivity index is 2.41. The summed E-state index contributed by atoms with van der Waals surface area (Å²) in [6.45, 7) is 4.07. The number of hydrogen-bond donors (Lipinski definition) is 1. The van der Waals surface area contributed by atoms with Crippen LogP contribution < -0.4 is 0 Å². The Morgan fingerprint density at radius 2 is 2.22 bits per heavy atom. The number of pyridine rings is 1. The Hall–Kier alpha value is -1.88. The second kappa shape index (κ2) is 4.78. The van der Waals surface area contributed by atoms with E-state index in [0.29, 0.717) is 11.7 Å². The molecule has 0 saturated carbocycles. The summed E-state index contributed by atoms with van der Waals surface area (Å²) in [5, 5.41) is 13.4. The zero-order valence-electron chi connectivity index (χ0n) is 9.96. The summed E-state index contributed by atoms with van der Waals surface area (Å²) in [5.41, 5.74) is 0.982. The Bertz CT molecular complexity index is 593. The maximum atomic E-state index is 10.8. The summed E-state index contributed by atoms with van der Waals surface area (Å²) in [5.74, 6) is -0.323. The second-order valence-corrected chi connectivity index (χ2v) is 4.58. The van der Waals surface area contributed by atoms with E-state index in [-0.39, 0.29) is 10.6 Å². The first kappa shape index (κ1) is 12.6. The number of carbonyl (C=O) groups is 1. The summed E-state index contributed by atoms with van der Waals surface area (Å²) < 4.78 is 1.54. The van der Waals surface area contributed by atoms with Crippen molar-refractivity contribution in [2.24, 2.45) is 0 Å². The minimum Gasteiger partial charge on any atom is -0.478 e. The van der Waals surface area contributed by atoms with E-state index in [2.05, 4.69) is 10.1 Å². The van der Waals surface area contributed by atoms with E-state index in [1.807, 2.05) is 19.9 Å². The maximum Gasteiger partial charge on any atom is 0.337 e. The Morgan fingerprint density at radius 3 is 2.72 bits per heavy atom. The monoisotopic (exact) mass is 265 g/mol. The van der Waals surface area contributed by atoms with Crippen LogP contribution in [-0.2, 0) is 0 Å². The highest BCUT2D eigenvalue weighted by atomic mass is 35.5. The average Bonchev–Trinajstić information content (AvgIpc) is 2.78. The van der Waals surface area contributed by atoms with Gasteiger partial charge in [0.1, 0.15) is 0 Å². The first-order valence-corrected chi connectivity index (χ1v) is 5.81. The molecular formula is C12H12ClN3O2. The van der Waals surface area contributed by atoms with Crippen LogP contribution in [0.2, 0.25) is 5.02 Å². The van der Waals surface area contributed by atoms with Gasteiger partial charge < -0.3 is 5.11 Å². The lowest BCUT2D eigenvalue weighted by atomic mass is 10.1. The van der Waals surface area contributed by atoms with Crippen LogP contribution >= 0.6 is 11.6 Å². The molecule has 0 radical (unpaired) electrons. The fourth-order valence-electron chi connectivity index (χ4n) is 1.48. The summed E-state index contributed by atoms with van der Waals surface area (Å²) in [6.07, 6.45) is 3.02. The number of aromatic carboxylic acids is 1. The van der Waals surface area contributed by atoms with Crippen molar-refractivity contribution in [3.05, 3.63) is 40.8 Å². The minimum atomic E-state index is -1.06. The van der Waals surface area contributed by atoms with Gasteiger partial charge in [-0.05, 0) is 18.1 Å². The molecule has 0 fully saturated rings. The van der Waals surface area contributed by atoms with E-state index in [9.17, 15) is 4.79 Å². The molecule has 1 N–H and O–H groups in total. The average molecular weight is 266 g/mol. The number of nitrogens with zero attached hydrogens (tertiary/aromatic N) is 3. The number of halogens is 1. The van der Waals surface area contributed by atoms with Gasteiger partial charge >= 0.3 is 5.97 Å². The SMILES string of the molecule is CC(C)c1ccn(-c2ncc(C(=O)O)cc2Cl)n1. The van der Waals surface area contributed by atoms with Crippen LogP contribution in [0.25, 0.3) is 5.82 Å². The van der Waals surface area contributed by atoms with Gasteiger partial charge in [-0.1, -0.05) is 25.4 Å². The van der Waals surface area contributed by atoms with E-state index in [1.165, 1.54) is 12.3 Å². The first-order valence-electron chi connectivity index (χ1n) is 5.44. The third-order valence-corrected chi connectivity index (χ3v) is 2.77. The van der Waals surface area contributed by atoms with Crippen LogP contribution in [0.5, 0.6) is 0 Å². The molecule has 0 spiro atoms. The standard InChI is InChI=1S/C12H12ClN3O2/c1-7(2)10-3-4-16(15-10)11-9(13)5-8(6-14-11)12(17)18/h3-7H,1-2H3,(H,17,18). The molecule has 2 rings (SSSR count). The molecule has 5 nitrogen and oxygen atoms in total. The van der Waals surface area contributed by atoms with Gasteiger partial charge in [0, 0.05) is 12.4 Å². The minimum absolute atomic E-state index is 0.0555. The van der Waals surface area contributed by atoms with Crippen LogP contribution in [0.1, 0.15) is 35.8 Å². The quantitative estimate of drug-likeness (QED) is 0.926. The van der Waals surface area contributed by atoms with Crippen molar-refractivity contribution in [3.8, 4) is 5.82 Å². The van der Waals surface area contributed by atoms with E-state index in [0.717, 1.165) is 5.69 Å². The molecule has 6 heteroatoms. The highest BCUT2D eigenvalue weighted by Gasteiger charge is 2.11. The van der Waals surface area contributed by atoms with Gasteiger partial charge in [-0.2, -0.15) is 5.10 Å². The lowest BCUT2D eigenvalue weighted by Gasteiger charge is -2.04. The van der Waals surface area contributed by atoms with Crippen molar-refractivity contribution in [2.45, 2.75) is 19.8 Å². The van der Waals surface area contributed by atoms with Gasteiger partial charge in [0.15, 0.2) is 5.82 Å². The van der Waals surface area contributed by atoms with Gasteiger partial charge in [0.25, 0.3) is 0 Å². The molecule has 2 heterocycles. The molecule has 2 aromatic rings. The largest absolute Gasteiger partial charge is 0.478 e. The fraction of sp³-hybridized carbons (Fsp3) is 0.250. The van der Waals surface area contributed by atoms with Crippen molar-refractivity contribution in [1.82, 2.24) is 14.8 Å².